The standard InChI is InChI=1S/C16H18OSi/c1-18(2,3)15-12-8-7-11-14(15)16(17)13-9-5-4-6-10-13/h4-12H,1-3H3. The molecule has 0 radical (unpaired) electrons. The highest BCUT2D eigenvalue weighted by Gasteiger charge is 2.23. The molecule has 0 heterocycles. The van der Waals surface area contributed by atoms with Gasteiger partial charge < -0.3 is 0 Å². The van der Waals surface area contributed by atoms with E-state index in [2.05, 4.69) is 25.7 Å². The first kappa shape index (κ1) is 12.8. The Labute approximate surface area is 109 Å². The van der Waals surface area contributed by atoms with Crippen LogP contribution in [0, 0.1) is 0 Å². The second kappa shape index (κ2) is 4.90. The van der Waals surface area contributed by atoms with Gasteiger partial charge in [0.2, 0.25) is 0 Å². The van der Waals surface area contributed by atoms with Gasteiger partial charge in [0, 0.05) is 11.1 Å². The number of carbonyl (C=O) groups is 1. The van der Waals surface area contributed by atoms with Crippen molar-refractivity contribution >= 4 is 19.0 Å². The Balaban J connectivity index is 2.50. The summed E-state index contributed by atoms with van der Waals surface area (Å²) in [6, 6.07) is 17.5. The van der Waals surface area contributed by atoms with Gasteiger partial charge in [0.15, 0.2) is 5.78 Å². The largest absolute Gasteiger partial charge is 0.289 e. The molecular formula is C16H18OSi. The van der Waals surface area contributed by atoms with Crippen molar-refractivity contribution in [3.8, 4) is 0 Å². The number of rotatable bonds is 3. The first-order chi connectivity index (χ1) is 8.50. The summed E-state index contributed by atoms with van der Waals surface area (Å²) in [5, 5.41) is 1.24. The molecule has 18 heavy (non-hydrogen) atoms. The smallest absolute Gasteiger partial charge is 0.192 e. The van der Waals surface area contributed by atoms with Gasteiger partial charge in [0.1, 0.15) is 0 Å². The van der Waals surface area contributed by atoms with Crippen molar-refractivity contribution in [3.63, 3.8) is 0 Å². The van der Waals surface area contributed by atoms with Crippen LogP contribution in [0.4, 0.5) is 0 Å². The predicted octanol–water partition coefficient (Wildman–Crippen LogP) is 3.46. The summed E-state index contributed by atoms with van der Waals surface area (Å²) >= 11 is 0. The van der Waals surface area contributed by atoms with Crippen molar-refractivity contribution in [2.24, 2.45) is 0 Å². The van der Waals surface area contributed by atoms with Crippen LogP contribution < -0.4 is 5.19 Å². The van der Waals surface area contributed by atoms with Crippen molar-refractivity contribution in [1.82, 2.24) is 0 Å². The molecule has 0 saturated heterocycles. The van der Waals surface area contributed by atoms with Gasteiger partial charge in [-0.05, 0) is 5.19 Å². The fourth-order valence-electron chi connectivity index (χ4n) is 2.08. The molecule has 92 valence electrons. The highest BCUT2D eigenvalue weighted by Crippen LogP contribution is 2.12. The van der Waals surface area contributed by atoms with Crippen LogP contribution >= 0.6 is 0 Å². The lowest BCUT2D eigenvalue weighted by Gasteiger charge is -2.20. The van der Waals surface area contributed by atoms with Crippen LogP contribution in [-0.4, -0.2) is 13.9 Å². The zero-order valence-electron chi connectivity index (χ0n) is 11.1. The number of ketones is 1. The maximum atomic E-state index is 12.5. The molecule has 0 aliphatic heterocycles. The maximum Gasteiger partial charge on any atom is 0.192 e. The van der Waals surface area contributed by atoms with Crippen LogP contribution in [0.2, 0.25) is 19.6 Å². The van der Waals surface area contributed by atoms with Gasteiger partial charge in [-0.1, -0.05) is 74.2 Å². The van der Waals surface area contributed by atoms with Crippen molar-refractivity contribution < 1.29 is 4.79 Å². The number of hydrogen-bond donors (Lipinski definition) is 0. The maximum absolute atomic E-state index is 12.5. The molecule has 0 aliphatic rings. The van der Waals surface area contributed by atoms with E-state index in [-0.39, 0.29) is 5.78 Å². The number of benzene rings is 2. The molecule has 0 fully saturated rings. The van der Waals surface area contributed by atoms with Crippen LogP contribution in [-0.2, 0) is 0 Å². The van der Waals surface area contributed by atoms with Crippen molar-refractivity contribution in [1.29, 1.82) is 0 Å². The van der Waals surface area contributed by atoms with Crippen LogP contribution in [0.15, 0.2) is 54.6 Å². The summed E-state index contributed by atoms with van der Waals surface area (Å²) in [6.07, 6.45) is 0. The normalized spacial score (nSPS) is 11.3. The molecule has 0 unspecified atom stereocenters. The Hall–Kier alpha value is -1.67. The summed E-state index contributed by atoms with van der Waals surface area (Å²) < 4.78 is 0. The molecule has 1 nitrogen and oxygen atoms in total. The molecule has 2 heteroatoms. The van der Waals surface area contributed by atoms with Gasteiger partial charge in [-0.15, -0.1) is 0 Å². The van der Waals surface area contributed by atoms with E-state index in [9.17, 15) is 4.79 Å². The Kier molecular flexibility index (Phi) is 3.48. The van der Waals surface area contributed by atoms with Gasteiger partial charge >= 0.3 is 0 Å². The average Bonchev–Trinajstić information content (AvgIpc) is 2.38. The molecular weight excluding hydrogens is 236 g/mol. The highest BCUT2D eigenvalue weighted by atomic mass is 28.3. The molecule has 0 N–H and O–H groups in total. The van der Waals surface area contributed by atoms with Crippen molar-refractivity contribution in [2.75, 3.05) is 0 Å². The average molecular weight is 254 g/mol. The Morgan fingerprint density at radius 2 is 1.39 bits per heavy atom. The molecule has 0 bridgehead atoms. The molecule has 2 rings (SSSR count). The molecule has 0 spiro atoms. The molecule has 2 aromatic rings. The molecule has 0 saturated carbocycles. The Morgan fingerprint density at radius 3 is 2.00 bits per heavy atom. The fourth-order valence-corrected chi connectivity index (χ4v) is 3.68. The third kappa shape index (κ3) is 2.59. The molecule has 0 atom stereocenters. The predicted molar refractivity (Wildman–Crippen MR) is 79.3 cm³/mol. The summed E-state index contributed by atoms with van der Waals surface area (Å²) in [7, 11) is -1.49. The van der Waals surface area contributed by atoms with E-state index >= 15 is 0 Å². The molecule has 2 aromatic carbocycles. The van der Waals surface area contributed by atoms with E-state index < -0.39 is 8.07 Å². The second-order valence-corrected chi connectivity index (χ2v) is 10.5. The van der Waals surface area contributed by atoms with Gasteiger partial charge in [0.25, 0.3) is 0 Å². The van der Waals surface area contributed by atoms with Crippen LogP contribution in [0.25, 0.3) is 0 Å². The van der Waals surface area contributed by atoms with Crippen molar-refractivity contribution in [2.45, 2.75) is 19.6 Å². The first-order valence-corrected chi connectivity index (χ1v) is 9.69. The lowest BCUT2D eigenvalue weighted by Crippen LogP contribution is -2.41. The molecule has 0 aliphatic carbocycles. The minimum atomic E-state index is -1.49. The first-order valence-electron chi connectivity index (χ1n) is 6.19. The fraction of sp³-hybridized carbons (Fsp3) is 0.188. The molecule has 0 aromatic heterocycles. The minimum Gasteiger partial charge on any atom is -0.289 e. The minimum absolute atomic E-state index is 0.133. The van der Waals surface area contributed by atoms with E-state index in [0.29, 0.717) is 0 Å². The van der Waals surface area contributed by atoms with Crippen LogP contribution in [0.1, 0.15) is 15.9 Å². The lowest BCUT2D eigenvalue weighted by atomic mass is 10.0. The highest BCUT2D eigenvalue weighted by molar-refractivity contribution is 6.89. The van der Waals surface area contributed by atoms with Crippen molar-refractivity contribution in [3.05, 3.63) is 65.7 Å². The van der Waals surface area contributed by atoms with E-state index in [1.54, 1.807) is 0 Å². The van der Waals surface area contributed by atoms with E-state index in [0.717, 1.165) is 11.1 Å². The Bertz CT molecular complexity index is 553. The quantitative estimate of drug-likeness (QED) is 0.605. The third-order valence-electron chi connectivity index (χ3n) is 3.02. The topological polar surface area (TPSA) is 17.1 Å². The van der Waals surface area contributed by atoms with E-state index in [1.807, 2.05) is 48.5 Å². The number of carbonyl (C=O) groups excluding carboxylic acids is 1. The second-order valence-electron chi connectivity index (χ2n) is 5.49. The van der Waals surface area contributed by atoms with Gasteiger partial charge in [-0.2, -0.15) is 0 Å². The summed E-state index contributed by atoms with van der Waals surface area (Å²) in [5.74, 6) is 0.133. The lowest BCUT2D eigenvalue weighted by molar-refractivity contribution is 0.103. The number of hydrogen-bond acceptors (Lipinski definition) is 1. The van der Waals surface area contributed by atoms with Gasteiger partial charge in [-0.25, -0.2) is 0 Å². The third-order valence-corrected chi connectivity index (χ3v) is 5.07. The summed E-state index contributed by atoms with van der Waals surface area (Å²) in [4.78, 5) is 12.5. The molecule has 0 amide bonds. The summed E-state index contributed by atoms with van der Waals surface area (Å²) in [6.45, 7) is 6.80. The van der Waals surface area contributed by atoms with Gasteiger partial charge in [0.05, 0.1) is 8.07 Å². The summed E-state index contributed by atoms with van der Waals surface area (Å²) in [5.41, 5.74) is 1.63. The Morgan fingerprint density at radius 1 is 0.833 bits per heavy atom. The van der Waals surface area contributed by atoms with Gasteiger partial charge in [-0.3, -0.25) is 4.79 Å². The van der Waals surface area contributed by atoms with E-state index in [1.165, 1.54) is 5.19 Å². The zero-order chi connectivity index (χ0) is 13.2. The zero-order valence-corrected chi connectivity index (χ0v) is 12.1. The SMILES string of the molecule is C[Si](C)(C)c1ccccc1C(=O)c1ccccc1. The van der Waals surface area contributed by atoms with Crippen LogP contribution in [0.3, 0.4) is 0 Å². The monoisotopic (exact) mass is 254 g/mol. The van der Waals surface area contributed by atoms with Crippen LogP contribution in [0.5, 0.6) is 0 Å². The van der Waals surface area contributed by atoms with E-state index in [4.69, 9.17) is 0 Å².